The summed E-state index contributed by atoms with van der Waals surface area (Å²) >= 11 is 5.55. The topological polar surface area (TPSA) is 62.5 Å². The lowest BCUT2D eigenvalue weighted by atomic mass is 10.2. The standard InChI is InChI=1S/C12H9ClFNO3/c13-9-2-1-8(5-10(9)14)15-6-7-3-4-18-11(7)12(16)17/h1-5,15H,6H2,(H,16,17). The van der Waals surface area contributed by atoms with Gasteiger partial charge in [-0.15, -0.1) is 0 Å². The maximum Gasteiger partial charge on any atom is 0.372 e. The van der Waals surface area contributed by atoms with E-state index in [0.29, 0.717) is 11.3 Å². The second-order valence-corrected chi connectivity index (χ2v) is 3.97. The van der Waals surface area contributed by atoms with Gasteiger partial charge in [0.1, 0.15) is 5.82 Å². The largest absolute Gasteiger partial charge is 0.475 e. The Morgan fingerprint density at radius 2 is 2.22 bits per heavy atom. The number of carboxylic acid groups (broad SMARTS) is 1. The molecule has 0 spiro atoms. The average Bonchev–Trinajstić information content (AvgIpc) is 2.79. The highest BCUT2D eigenvalue weighted by atomic mass is 35.5. The van der Waals surface area contributed by atoms with Crippen molar-refractivity contribution in [3.05, 3.63) is 52.7 Å². The number of hydrogen-bond donors (Lipinski definition) is 2. The molecule has 0 aliphatic heterocycles. The van der Waals surface area contributed by atoms with Crippen molar-refractivity contribution in [2.75, 3.05) is 5.32 Å². The smallest absolute Gasteiger partial charge is 0.372 e. The third-order valence-electron chi connectivity index (χ3n) is 2.34. The fourth-order valence-electron chi connectivity index (χ4n) is 1.47. The predicted octanol–water partition coefficient (Wildman–Crippen LogP) is 3.38. The quantitative estimate of drug-likeness (QED) is 0.893. The van der Waals surface area contributed by atoms with E-state index in [1.165, 1.54) is 18.4 Å². The molecule has 0 saturated heterocycles. The molecule has 6 heteroatoms. The molecule has 0 saturated carbocycles. The first-order valence-corrected chi connectivity index (χ1v) is 5.44. The molecule has 0 amide bonds. The molecule has 1 aromatic heterocycles. The van der Waals surface area contributed by atoms with Gasteiger partial charge < -0.3 is 14.8 Å². The van der Waals surface area contributed by atoms with Crippen LogP contribution in [0.1, 0.15) is 16.1 Å². The fourth-order valence-corrected chi connectivity index (χ4v) is 1.58. The summed E-state index contributed by atoms with van der Waals surface area (Å²) in [6.45, 7) is 0.221. The van der Waals surface area contributed by atoms with Gasteiger partial charge >= 0.3 is 5.97 Å². The zero-order valence-corrected chi connectivity index (χ0v) is 9.87. The van der Waals surface area contributed by atoms with Gasteiger partial charge in [0.25, 0.3) is 0 Å². The van der Waals surface area contributed by atoms with Crippen molar-refractivity contribution in [1.82, 2.24) is 0 Å². The van der Waals surface area contributed by atoms with Gasteiger partial charge in [0.05, 0.1) is 11.3 Å². The lowest BCUT2D eigenvalue weighted by Gasteiger charge is -2.06. The molecule has 1 heterocycles. The average molecular weight is 270 g/mol. The summed E-state index contributed by atoms with van der Waals surface area (Å²) in [4.78, 5) is 10.8. The third kappa shape index (κ3) is 2.62. The highest BCUT2D eigenvalue weighted by Gasteiger charge is 2.13. The molecular weight excluding hydrogens is 261 g/mol. The molecule has 0 aliphatic carbocycles. The summed E-state index contributed by atoms with van der Waals surface area (Å²) in [7, 11) is 0. The number of carbonyl (C=O) groups is 1. The summed E-state index contributed by atoms with van der Waals surface area (Å²) < 4.78 is 18.0. The van der Waals surface area contributed by atoms with E-state index in [1.807, 2.05) is 0 Å². The molecule has 0 fully saturated rings. The molecular formula is C12H9ClFNO3. The molecule has 0 atom stereocenters. The van der Waals surface area contributed by atoms with Crippen LogP contribution in [0.2, 0.25) is 5.02 Å². The highest BCUT2D eigenvalue weighted by Crippen LogP contribution is 2.20. The van der Waals surface area contributed by atoms with Crippen LogP contribution >= 0.6 is 11.6 Å². The predicted molar refractivity (Wildman–Crippen MR) is 64.4 cm³/mol. The summed E-state index contributed by atoms with van der Waals surface area (Å²) in [5.41, 5.74) is 0.993. The first kappa shape index (κ1) is 12.4. The highest BCUT2D eigenvalue weighted by molar-refractivity contribution is 6.30. The SMILES string of the molecule is O=C(O)c1occc1CNc1ccc(Cl)c(F)c1. The van der Waals surface area contributed by atoms with Crippen molar-refractivity contribution >= 4 is 23.3 Å². The molecule has 18 heavy (non-hydrogen) atoms. The van der Waals surface area contributed by atoms with Gasteiger partial charge in [-0.3, -0.25) is 0 Å². The molecule has 0 aliphatic rings. The van der Waals surface area contributed by atoms with Crippen molar-refractivity contribution in [3.63, 3.8) is 0 Å². The number of nitrogens with one attached hydrogen (secondary N) is 1. The number of furan rings is 1. The lowest BCUT2D eigenvalue weighted by molar-refractivity contribution is 0.0661. The van der Waals surface area contributed by atoms with E-state index in [0.717, 1.165) is 0 Å². The van der Waals surface area contributed by atoms with Crippen LogP contribution in [0.25, 0.3) is 0 Å². The first-order valence-electron chi connectivity index (χ1n) is 5.06. The Morgan fingerprint density at radius 3 is 2.89 bits per heavy atom. The lowest BCUT2D eigenvalue weighted by Crippen LogP contribution is -2.04. The van der Waals surface area contributed by atoms with Crippen LogP contribution in [0, 0.1) is 5.82 Å². The second-order valence-electron chi connectivity index (χ2n) is 3.56. The van der Waals surface area contributed by atoms with Gasteiger partial charge in [-0.25, -0.2) is 9.18 Å². The molecule has 0 bridgehead atoms. The number of halogens is 2. The van der Waals surface area contributed by atoms with Gasteiger partial charge in [-0.05, 0) is 24.3 Å². The van der Waals surface area contributed by atoms with Crippen molar-refractivity contribution in [1.29, 1.82) is 0 Å². The van der Waals surface area contributed by atoms with E-state index in [2.05, 4.69) is 5.32 Å². The molecule has 1 aromatic carbocycles. The molecule has 4 nitrogen and oxygen atoms in total. The Bertz CT molecular complexity index is 582. The van der Waals surface area contributed by atoms with Crippen LogP contribution in [0.15, 0.2) is 34.9 Å². The third-order valence-corrected chi connectivity index (χ3v) is 2.65. The Balaban J connectivity index is 2.09. The number of carboxylic acids is 1. The van der Waals surface area contributed by atoms with E-state index in [-0.39, 0.29) is 17.3 Å². The number of hydrogen-bond acceptors (Lipinski definition) is 3. The molecule has 94 valence electrons. The maximum absolute atomic E-state index is 13.2. The number of aromatic carboxylic acids is 1. The zero-order valence-electron chi connectivity index (χ0n) is 9.11. The summed E-state index contributed by atoms with van der Waals surface area (Å²) in [6.07, 6.45) is 1.29. The van der Waals surface area contributed by atoms with Crippen LogP contribution in [0.5, 0.6) is 0 Å². The van der Waals surface area contributed by atoms with Crippen LogP contribution in [0.4, 0.5) is 10.1 Å². The van der Waals surface area contributed by atoms with Crippen LogP contribution in [-0.2, 0) is 6.54 Å². The molecule has 2 aromatic rings. The molecule has 2 N–H and O–H groups in total. The molecule has 2 rings (SSSR count). The van der Waals surface area contributed by atoms with Crippen molar-refractivity contribution in [2.45, 2.75) is 6.54 Å². The summed E-state index contributed by atoms with van der Waals surface area (Å²) in [5, 5.41) is 11.8. The van der Waals surface area contributed by atoms with Gasteiger partial charge in [-0.2, -0.15) is 0 Å². The van der Waals surface area contributed by atoms with Gasteiger partial charge in [0.2, 0.25) is 5.76 Å². The maximum atomic E-state index is 13.2. The Labute approximate surface area is 107 Å². The van der Waals surface area contributed by atoms with Crippen molar-refractivity contribution in [2.24, 2.45) is 0 Å². The second kappa shape index (κ2) is 5.10. The van der Waals surface area contributed by atoms with Gasteiger partial charge in [0, 0.05) is 17.8 Å². The Hall–Kier alpha value is -2.01. The van der Waals surface area contributed by atoms with E-state index in [1.54, 1.807) is 12.1 Å². The summed E-state index contributed by atoms with van der Waals surface area (Å²) in [5.74, 6) is -1.80. The number of anilines is 1. The summed E-state index contributed by atoms with van der Waals surface area (Å²) in [6, 6.07) is 5.81. The minimum atomic E-state index is -1.14. The molecule has 0 unspecified atom stereocenters. The van der Waals surface area contributed by atoms with E-state index < -0.39 is 11.8 Å². The van der Waals surface area contributed by atoms with Gasteiger partial charge in [0.15, 0.2) is 0 Å². The van der Waals surface area contributed by atoms with Crippen LogP contribution in [0.3, 0.4) is 0 Å². The Kier molecular flexibility index (Phi) is 3.53. The first-order chi connectivity index (χ1) is 8.58. The number of rotatable bonds is 4. The Morgan fingerprint density at radius 1 is 1.44 bits per heavy atom. The monoisotopic (exact) mass is 269 g/mol. The normalized spacial score (nSPS) is 10.3. The van der Waals surface area contributed by atoms with Crippen molar-refractivity contribution < 1.29 is 18.7 Å². The fraction of sp³-hybridized carbons (Fsp3) is 0.0833. The molecule has 0 radical (unpaired) electrons. The van der Waals surface area contributed by atoms with E-state index >= 15 is 0 Å². The van der Waals surface area contributed by atoms with E-state index in [4.69, 9.17) is 21.1 Å². The van der Waals surface area contributed by atoms with Gasteiger partial charge in [-0.1, -0.05) is 11.6 Å². The van der Waals surface area contributed by atoms with E-state index in [9.17, 15) is 9.18 Å². The van der Waals surface area contributed by atoms with Crippen LogP contribution in [-0.4, -0.2) is 11.1 Å². The number of benzene rings is 1. The minimum Gasteiger partial charge on any atom is -0.475 e. The zero-order chi connectivity index (χ0) is 13.1. The minimum absolute atomic E-state index is 0.0371. The van der Waals surface area contributed by atoms with Crippen molar-refractivity contribution in [3.8, 4) is 0 Å². The van der Waals surface area contributed by atoms with Crippen LogP contribution < -0.4 is 5.32 Å².